The number of fused-ring (bicyclic) bond motifs is 4. The summed E-state index contributed by atoms with van der Waals surface area (Å²) in [5, 5.41) is 10.9. The molecular weight excluding hydrogens is 678 g/mol. The average Bonchev–Trinajstić information content (AvgIpc) is 3.26. The zero-order chi connectivity index (χ0) is 30.8. The van der Waals surface area contributed by atoms with Crippen molar-refractivity contribution in [3.63, 3.8) is 0 Å². The maximum Gasteiger partial charge on any atom is 0.258 e. The Bertz CT molecular complexity index is 1680. The van der Waals surface area contributed by atoms with Gasteiger partial charge in [0.25, 0.3) is 11.8 Å². The van der Waals surface area contributed by atoms with Crippen LogP contribution in [0.4, 0.5) is 27.6 Å². The van der Waals surface area contributed by atoms with E-state index in [-0.39, 0.29) is 22.5 Å². The molecule has 6 rings (SSSR count). The number of alkyl halides is 2. The largest absolute Gasteiger partial charge is 0.508 e. The molecule has 220 valence electrons. The van der Waals surface area contributed by atoms with Gasteiger partial charge in [-0.25, -0.2) is 26.9 Å². The minimum absolute atomic E-state index is 0.0163. The Balaban J connectivity index is 1.63. The lowest BCUT2D eigenvalue weighted by Gasteiger charge is -2.50. The van der Waals surface area contributed by atoms with Gasteiger partial charge in [0.2, 0.25) is 17.6 Å². The van der Waals surface area contributed by atoms with Gasteiger partial charge in [-0.3, -0.25) is 24.1 Å². The molecule has 42 heavy (non-hydrogen) atoms. The minimum atomic E-state index is -2.70. The standard InChI is InChI=1S/C27H16BrCl2F5N2O5/c1-36-22(39)10-4-3-9-12(14(10)23(36)40)7-26(29)24(41)37(21-19(34)17(32)16(31)18(33)20(21)35)25(42)27(26,30)15(9)11-6-8(28)2-5-13(11)38/h2-3,5-6,10,12,14-15,38H,4,7H2,1H3/t10-,12+,14-,15+,26+,27-/m0/s1. The first-order valence-electron chi connectivity index (χ1n) is 12.4. The second kappa shape index (κ2) is 9.23. The van der Waals surface area contributed by atoms with Crippen molar-refractivity contribution in [2.75, 3.05) is 11.9 Å². The van der Waals surface area contributed by atoms with Crippen molar-refractivity contribution in [2.24, 2.45) is 17.8 Å². The molecule has 15 heteroatoms. The molecule has 0 aromatic heterocycles. The molecule has 2 aliphatic heterocycles. The Labute approximate surface area is 252 Å². The van der Waals surface area contributed by atoms with Crippen molar-refractivity contribution >= 4 is 68.4 Å². The van der Waals surface area contributed by atoms with Crippen LogP contribution >= 0.6 is 39.1 Å². The van der Waals surface area contributed by atoms with E-state index < -0.39 is 104 Å². The van der Waals surface area contributed by atoms with E-state index >= 15 is 0 Å². The van der Waals surface area contributed by atoms with E-state index in [4.69, 9.17) is 23.2 Å². The van der Waals surface area contributed by atoms with Crippen LogP contribution in [0.3, 0.4) is 0 Å². The number of imide groups is 2. The molecule has 7 nitrogen and oxygen atoms in total. The number of rotatable bonds is 2. The van der Waals surface area contributed by atoms with Gasteiger partial charge in [-0.2, -0.15) is 0 Å². The molecule has 0 radical (unpaired) electrons. The number of phenols is 1. The number of aromatic hydroxyl groups is 1. The van der Waals surface area contributed by atoms with Gasteiger partial charge in [0.1, 0.15) is 11.4 Å². The number of likely N-dealkylation sites (tertiary alicyclic amines) is 1. The summed E-state index contributed by atoms with van der Waals surface area (Å²) in [6, 6.07) is 4.02. The first-order valence-corrected chi connectivity index (χ1v) is 13.9. The van der Waals surface area contributed by atoms with E-state index in [0.717, 1.165) is 4.90 Å². The summed E-state index contributed by atoms with van der Waals surface area (Å²) < 4.78 is 72.6. The molecule has 4 amide bonds. The highest BCUT2D eigenvalue weighted by molar-refractivity contribution is 9.10. The number of amides is 4. The molecule has 2 aliphatic carbocycles. The Morgan fingerprint density at radius 3 is 2.12 bits per heavy atom. The van der Waals surface area contributed by atoms with Gasteiger partial charge in [0.15, 0.2) is 33.0 Å². The summed E-state index contributed by atoms with van der Waals surface area (Å²) >= 11 is 17.2. The maximum atomic E-state index is 15.0. The molecule has 6 atom stereocenters. The predicted octanol–water partition coefficient (Wildman–Crippen LogP) is 5.04. The van der Waals surface area contributed by atoms with Crippen LogP contribution in [0.25, 0.3) is 0 Å². The quantitative estimate of drug-likeness (QED) is 0.119. The number of allylic oxidation sites excluding steroid dienone is 2. The van der Waals surface area contributed by atoms with Gasteiger partial charge in [-0.15, -0.1) is 23.2 Å². The third-order valence-electron chi connectivity index (χ3n) is 8.74. The minimum Gasteiger partial charge on any atom is -0.508 e. The van der Waals surface area contributed by atoms with Gasteiger partial charge in [-0.05, 0) is 37.0 Å². The van der Waals surface area contributed by atoms with Crippen LogP contribution in [0.2, 0.25) is 0 Å². The van der Waals surface area contributed by atoms with Gasteiger partial charge in [-0.1, -0.05) is 27.6 Å². The molecule has 2 heterocycles. The number of phenolic OH excluding ortho intramolecular Hbond substituents is 1. The number of halogens is 8. The summed E-state index contributed by atoms with van der Waals surface area (Å²) in [5.74, 6) is -21.5. The number of hydrogen-bond donors (Lipinski definition) is 1. The topological polar surface area (TPSA) is 95.0 Å². The third-order valence-corrected chi connectivity index (χ3v) is 10.6. The van der Waals surface area contributed by atoms with Gasteiger partial charge in [0, 0.05) is 23.0 Å². The van der Waals surface area contributed by atoms with Crippen molar-refractivity contribution < 1.29 is 46.2 Å². The lowest BCUT2D eigenvalue weighted by molar-refractivity contribution is -0.138. The van der Waals surface area contributed by atoms with E-state index in [1.54, 1.807) is 6.08 Å². The number of benzene rings is 2. The monoisotopic (exact) mass is 692 g/mol. The number of anilines is 1. The van der Waals surface area contributed by atoms with Crippen molar-refractivity contribution in [1.82, 2.24) is 4.90 Å². The van der Waals surface area contributed by atoms with E-state index in [2.05, 4.69) is 15.9 Å². The van der Waals surface area contributed by atoms with Crippen LogP contribution < -0.4 is 4.90 Å². The lowest BCUT2D eigenvalue weighted by atomic mass is 9.56. The fourth-order valence-electron chi connectivity index (χ4n) is 6.83. The molecule has 0 spiro atoms. The summed E-state index contributed by atoms with van der Waals surface area (Å²) in [7, 11) is 1.28. The van der Waals surface area contributed by atoms with Crippen LogP contribution in [0, 0.1) is 46.8 Å². The normalized spacial score (nSPS) is 32.3. The van der Waals surface area contributed by atoms with Crippen LogP contribution in [-0.4, -0.2) is 50.4 Å². The summed E-state index contributed by atoms with van der Waals surface area (Å²) in [6.07, 6.45) is 0.947. The Morgan fingerprint density at radius 2 is 1.50 bits per heavy atom. The Kier molecular flexibility index (Phi) is 6.39. The highest BCUT2D eigenvalue weighted by Gasteiger charge is 2.77. The highest BCUT2D eigenvalue weighted by Crippen LogP contribution is 2.66. The van der Waals surface area contributed by atoms with Gasteiger partial charge in [0.05, 0.1) is 11.8 Å². The average molecular weight is 694 g/mol. The molecule has 4 aliphatic rings. The van der Waals surface area contributed by atoms with E-state index in [1.807, 2.05) is 0 Å². The summed E-state index contributed by atoms with van der Waals surface area (Å²) in [6.45, 7) is 0. The van der Waals surface area contributed by atoms with E-state index in [1.165, 1.54) is 25.2 Å². The van der Waals surface area contributed by atoms with Crippen LogP contribution in [0.5, 0.6) is 5.75 Å². The molecule has 2 saturated heterocycles. The Morgan fingerprint density at radius 1 is 0.905 bits per heavy atom. The second-order valence-corrected chi connectivity index (χ2v) is 12.8. The molecule has 2 aromatic rings. The van der Waals surface area contributed by atoms with Crippen molar-refractivity contribution in [3.8, 4) is 5.75 Å². The zero-order valence-electron chi connectivity index (χ0n) is 21.0. The van der Waals surface area contributed by atoms with Crippen LogP contribution in [0.1, 0.15) is 24.3 Å². The van der Waals surface area contributed by atoms with Crippen molar-refractivity contribution in [2.45, 2.75) is 28.5 Å². The van der Waals surface area contributed by atoms with Crippen LogP contribution in [0.15, 0.2) is 34.3 Å². The SMILES string of the molecule is CN1C(=O)[C@H]2[C@H](CC=C3[C@H]2C[C@@]2(Cl)C(=O)N(c4c(F)c(F)c(F)c(F)c4F)C(=O)[C@@]2(Cl)[C@H]3c2cc(Br)ccc2O)C1=O. The molecule has 3 fully saturated rings. The molecule has 0 bridgehead atoms. The maximum absolute atomic E-state index is 15.0. The predicted molar refractivity (Wildman–Crippen MR) is 140 cm³/mol. The molecular formula is C27H16BrCl2F5N2O5. The van der Waals surface area contributed by atoms with Crippen molar-refractivity contribution in [1.29, 1.82) is 0 Å². The number of carbonyl (C=O) groups is 4. The number of nitrogens with zero attached hydrogens (tertiary/aromatic N) is 2. The van der Waals surface area contributed by atoms with Gasteiger partial charge < -0.3 is 5.11 Å². The van der Waals surface area contributed by atoms with Gasteiger partial charge >= 0.3 is 0 Å². The lowest BCUT2D eigenvalue weighted by Crippen LogP contribution is -2.60. The second-order valence-electron chi connectivity index (χ2n) is 10.6. The Hall–Kier alpha value is -3.03. The fourth-order valence-corrected chi connectivity index (χ4v) is 8.13. The first-order chi connectivity index (χ1) is 19.6. The summed E-state index contributed by atoms with van der Waals surface area (Å²) in [5.41, 5.74) is -1.70. The number of carbonyl (C=O) groups excluding carboxylic acids is 4. The number of hydrogen-bond acceptors (Lipinski definition) is 5. The molecule has 2 aromatic carbocycles. The third kappa shape index (κ3) is 3.38. The fraction of sp³-hybridized carbons (Fsp3) is 0.333. The molecule has 1 N–H and O–H groups in total. The highest BCUT2D eigenvalue weighted by atomic mass is 79.9. The van der Waals surface area contributed by atoms with Crippen molar-refractivity contribution in [3.05, 3.63) is 69.0 Å². The van der Waals surface area contributed by atoms with E-state index in [9.17, 15) is 46.2 Å². The summed E-state index contributed by atoms with van der Waals surface area (Å²) in [4.78, 5) is 49.4. The zero-order valence-corrected chi connectivity index (χ0v) is 24.1. The first kappa shape index (κ1) is 29.1. The molecule has 0 unspecified atom stereocenters. The van der Waals surface area contributed by atoms with E-state index in [0.29, 0.717) is 4.47 Å². The van der Waals surface area contributed by atoms with Crippen LogP contribution in [-0.2, 0) is 19.2 Å². The molecule has 1 saturated carbocycles. The smallest absolute Gasteiger partial charge is 0.258 e.